The third kappa shape index (κ3) is 4.35. The molecule has 2 fully saturated rings. The molecule has 0 aliphatic carbocycles. The number of aryl methyl sites for hydroxylation is 1. The molecule has 0 atom stereocenters. The van der Waals surface area contributed by atoms with Crippen molar-refractivity contribution in [3.63, 3.8) is 0 Å². The van der Waals surface area contributed by atoms with Gasteiger partial charge in [-0.2, -0.15) is 0 Å². The SMILES string of the molecule is O=C(CCc1ccccc1)N1CCC(C(=O)N2CCNCC2)CC1. The Hall–Kier alpha value is -1.88. The third-order valence-corrected chi connectivity index (χ3v) is 5.10. The molecule has 0 aromatic heterocycles. The van der Waals surface area contributed by atoms with Crippen LogP contribution in [0.25, 0.3) is 0 Å². The van der Waals surface area contributed by atoms with Crippen LogP contribution < -0.4 is 5.32 Å². The second-order valence-corrected chi connectivity index (χ2v) is 6.72. The minimum atomic E-state index is 0.0984. The first-order chi connectivity index (χ1) is 11.7. The van der Waals surface area contributed by atoms with Gasteiger partial charge in [0.15, 0.2) is 0 Å². The molecule has 1 N–H and O–H groups in total. The highest BCUT2D eigenvalue weighted by Crippen LogP contribution is 2.21. The number of nitrogens with one attached hydrogen (secondary N) is 1. The predicted octanol–water partition coefficient (Wildman–Crippen LogP) is 1.29. The average molecular weight is 329 g/mol. The zero-order valence-electron chi connectivity index (χ0n) is 14.2. The van der Waals surface area contributed by atoms with E-state index in [2.05, 4.69) is 17.4 Å². The summed E-state index contributed by atoms with van der Waals surface area (Å²) in [5, 5.41) is 3.28. The van der Waals surface area contributed by atoms with Crippen LogP contribution in [0.3, 0.4) is 0 Å². The van der Waals surface area contributed by atoms with E-state index in [1.54, 1.807) is 0 Å². The summed E-state index contributed by atoms with van der Waals surface area (Å²) >= 11 is 0. The number of nitrogens with zero attached hydrogens (tertiary/aromatic N) is 2. The zero-order valence-corrected chi connectivity index (χ0v) is 14.2. The van der Waals surface area contributed by atoms with Crippen LogP contribution in [0.1, 0.15) is 24.8 Å². The molecular weight excluding hydrogens is 302 g/mol. The lowest BCUT2D eigenvalue weighted by Crippen LogP contribution is -2.50. The lowest BCUT2D eigenvalue weighted by atomic mass is 9.94. The lowest BCUT2D eigenvalue weighted by Gasteiger charge is -2.35. The summed E-state index contributed by atoms with van der Waals surface area (Å²) in [5.74, 6) is 0.598. The number of hydrogen-bond donors (Lipinski definition) is 1. The molecule has 0 bridgehead atoms. The molecule has 2 amide bonds. The van der Waals surface area contributed by atoms with Crippen LogP contribution in [-0.2, 0) is 16.0 Å². The fourth-order valence-electron chi connectivity index (χ4n) is 3.57. The molecule has 2 heterocycles. The van der Waals surface area contributed by atoms with Crippen molar-refractivity contribution in [1.82, 2.24) is 15.1 Å². The first kappa shape index (κ1) is 17.0. The molecule has 1 aromatic carbocycles. The molecule has 24 heavy (non-hydrogen) atoms. The minimum absolute atomic E-state index is 0.0984. The van der Waals surface area contributed by atoms with Crippen molar-refractivity contribution in [1.29, 1.82) is 0 Å². The van der Waals surface area contributed by atoms with Gasteiger partial charge < -0.3 is 15.1 Å². The van der Waals surface area contributed by atoms with E-state index >= 15 is 0 Å². The Kier molecular flexibility index (Phi) is 5.86. The largest absolute Gasteiger partial charge is 0.343 e. The first-order valence-electron chi connectivity index (χ1n) is 9.05. The highest BCUT2D eigenvalue weighted by molar-refractivity contribution is 5.80. The van der Waals surface area contributed by atoms with Gasteiger partial charge in [-0.1, -0.05) is 30.3 Å². The summed E-state index contributed by atoms with van der Waals surface area (Å²) in [5.41, 5.74) is 1.20. The van der Waals surface area contributed by atoms with Crippen LogP contribution in [0.2, 0.25) is 0 Å². The van der Waals surface area contributed by atoms with Gasteiger partial charge in [-0.25, -0.2) is 0 Å². The minimum Gasteiger partial charge on any atom is -0.343 e. The molecule has 0 radical (unpaired) electrons. The maximum atomic E-state index is 12.5. The average Bonchev–Trinajstić information content (AvgIpc) is 2.67. The number of hydrogen-bond acceptors (Lipinski definition) is 3. The van der Waals surface area contributed by atoms with Crippen molar-refractivity contribution >= 4 is 11.8 Å². The van der Waals surface area contributed by atoms with Crippen molar-refractivity contribution in [2.24, 2.45) is 5.92 Å². The zero-order chi connectivity index (χ0) is 16.8. The molecule has 0 spiro atoms. The quantitative estimate of drug-likeness (QED) is 0.906. The maximum absolute atomic E-state index is 12.5. The van der Waals surface area contributed by atoms with Gasteiger partial charge in [-0.15, -0.1) is 0 Å². The molecular formula is C19H27N3O2. The molecule has 2 aliphatic heterocycles. The van der Waals surface area contributed by atoms with Gasteiger partial charge in [0, 0.05) is 51.6 Å². The predicted molar refractivity (Wildman–Crippen MR) is 93.5 cm³/mol. The summed E-state index contributed by atoms with van der Waals surface area (Å²) in [6, 6.07) is 10.1. The summed E-state index contributed by atoms with van der Waals surface area (Å²) in [7, 11) is 0. The van der Waals surface area contributed by atoms with Crippen molar-refractivity contribution in [2.45, 2.75) is 25.7 Å². The Bertz CT molecular complexity index is 547. The van der Waals surface area contributed by atoms with E-state index in [-0.39, 0.29) is 17.7 Å². The number of benzene rings is 1. The number of likely N-dealkylation sites (tertiary alicyclic amines) is 1. The topological polar surface area (TPSA) is 52.7 Å². The molecule has 2 saturated heterocycles. The fraction of sp³-hybridized carbons (Fsp3) is 0.579. The van der Waals surface area contributed by atoms with E-state index in [0.717, 1.165) is 58.5 Å². The Morgan fingerprint density at radius 3 is 2.29 bits per heavy atom. The van der Waals surface area contributed by atoms with Gasteiger partial charge in [-0.3, -0.25) is 9.59 Å². The number of piperidine rings is 1. The second-order valence-electron chi connectivity index (χ2n) is 6.72. The van der Waals surface area contributed by atoms with Gasteiger partial charge in [0.05, 0.1) is 0 Å². The molecule has 0 saturated carbocycles. The van der Waals surface area contributed by atoms with E-state index < -0.39 is 0 Å². The number of carbonyl (C=O) groups excluding carboxylic acids is 2. The molecule has 5 heteroatoms. The van der Waals surface area contributed by atoms with Gasteiger partial charge in [0.25, 0.3) is 0 Å². The summed E-state index contributed by atoms with van der Waals surface area (Å²) < 4.78 is 0. The molecule has 1 aromatic rings. The molecule has 3 rings (SSSR count). The Labute approximate surface area is 144 Å². The summed E-state index contributed by atoms with van der Waals surface area (Å²) in [4.78, 5) is 28.8. The van der Waals surface area contributed by atoms with E-state index in [9.17, 15) is 9.59 Å². The molecule has 0 unspecified atom stereocenters. The standard InChI is InChI=1S/C19H27N3O2/c23-18(7-6-16-4-2-1-3-5-16)21-12-8-17(9-13-21)19(24)22-14-10-20-11-15-22/h1-5,17,20H,6-15H2. The van der Waals surface area contributed by atoms with E-state index in [1.807, 2.05) is 28.0 Å². The van der Waals surface area contributed by atoms with Crippen molar-refractivity contribution < 1.29 is 9.59 Å². The molecule has 5 nitrogen and oxygen atoms in total. The van der Waals surface area contributed by atoms with Gasteiger partial charge in [0.2, 0.25) is 11.8 Å². The summed E-state index contributed by atoms with van der Waals surface area (Å²) in [6.45, 7) is 4.85. The van der Waals surface area contributed by atoms with Crippen molar-refractivity contribution in [3.05, 3.63) is 35.9 Å². The van der Waals surface area contributed by atoms with Crippen LogP contribution in [0, 0.1) is 5.92 Å². The van der Waals surface area contributed by atoms with Crippen LogP contribution >= 0.6 is 0 Å². The monoisotopic (exact) mass is 329 g/mol. The van der Waals surface area contributed by atoms with Gasteiger partial charge in [-0.05, 0) is 24.8 Å². The van der Waals surface area contributed by atoms with Crippen LogP contribution in [0.5, 0.6) is 0 Å². The molecule has 130 valence electrons. The van der Waals surface area contributed by atoms with E-state index in [4.69, 9.17) is 0 Å². The normalized spacial score (nSPS) is 19.3. The Morgan fingerprint density at radius 1 is 0.958 bits per heavy atom. The van der Waals surface area contributed by atoms with Crippen molar-refractivity contribution in [2.75, 3.05) is 39.3 Å². The maximum Gasteiger partial charge on any atom is 0.225 e. The Balaban J connectivity index is 1.42. The Morgan fingerprint density at radius 2 is 1.62 bits per heavy atom. The van der Waals surface area contributed by atoms with E-state index in [1.165, 1.54) is 5.56 Å². The van der Waals surface area contributed by atoms with Gasteiger partial charge in [0.1, 0.15) is 0 Å². The summed E-state index contributed by atoms with van der Waals surface area (Å²) in [6.07, 6.45) is 2.96. The fourth-order valence-corrected chi connectivity index (χ4v) is 3.57. The molecule has 2 aliphatic rings. The highest BCUT2D eigenvalue weighted by atomic mass is 16.2. The number of carbonyl (C=O) groups is 2. The second kappa shape index (κ2) is 8.29. The van der Waals surface area contributed by atoms with Gasteiger partial charge >= 0.3 is 0 Å². The van der Waals surface area contributed by atoms with Crippen LogP contribution in [0.4, 0.5) is 0 Å². The van der Waals surface area contributed by atoms with Crippen LogP contribution in [-0.4, -0.2) is 60.9 Å². The highest BCUT2D eigenvalue weighted by Gasteiger charge is 2.30. The number of rotatable bonds is 4. The first-order valence-corrected chi connectivity index (χ1v) is 9.05. The van der Waals surface area contributed by atoms with Crippen molar-refractivity contribution in [3.8, 4) is 0 Å². The number of amides is 2. The third-order valence-electron chi connectivity index (χ3n) is 5.10. The number of piperazine rings is 1. The van der Waals surface area contributed by atoms with Crippen LogP contribution in [0.15, 0.2) is 30.3 Å². The smallest absolute Gasteiger partial charge is 0.225 e. The lowest BCUT2D eigenvalue weighted by molar-refractivity contribution is -0.141. The van der Waals surface area contributed by atoms with E-state index in [0.29, 0.717) is 6.42 Å².